The van der Waals surface area contributed by atoms with E-state index in [0.717, 1.165) is 17.9 Å². The molecule has 0 bridgehead atoms. The maximum absolute atomic E-state index is 5.49. The summed E-state index contributed by atoms with van der Waals surface area (Å²) in [5, 5.41) is 3.76. The van der Waals surface area contributed by atoms with Crippen LogP contribution in [0.5, 0.6) is 11.5 Å². The van der Waals surface area contributed by atoms with Gasteiger partial charge in [-0.05, 0) is 49.1 Å². The molecule has 0 aliphatic carbocycles. The van der Waals surface area contributed by atoms with Gasteiger partial charge in [0.25, 0.3) is 0 Å². The lowest BCUT2D eigenvalue weighted by atomic mass is 9.81. The van der Waals surface area contributed by atoms with Crippen LogP contribution in [-0.2, 0) is 6.42 Å². The van der Waals surface area contributed by atoms with Crippen LogP contribution in [0.1, 0.15) is 36.6 Å². The smallest absolute Gasteiger partial charge is 0.161 e. The molecule has 0 radical (unpaired) electrons. The summed E-state index contributed by atoms with van der Waals surface area (Å²) in [4.78, 5) is 0. The van der Waals surface area contributed by atoms with Crippen molar-refractivity contribution in [2.24, 2.45) is 0 Å². The van der Waals surface area contributed by atoms with Crippen molar-refractivity contribution in [3.8, 4) is 11.5 Å². The number of methoxy groups -OCH3 is 2. The molecule has 0 aromatic heterocycles. The van der Waals surface area contributed by atoms with E-state index in [0.29, 0.717) is 0 Å². The molecule has 23 heavy (non-hydrogen) atoms. The number of hydrogen-bond acceptors (Lipinski definition) is 3. The van der Waals surface area contributed by atoms with E-state index in [-0.39, 0.29) is 24.0 Å². The Kier molecular flexibility index (Phi) is 5.23. The third kappa shape index (κ3) is 3.46. The number of rotatable bonds is 3. The molecule has 0 saturated heterocycles. The molecule has 1 unspecified atom stereocenters. The largest absolute Gasteiger partial charge is 1.00 e. The Morgan fingerprint density at radius 2 is 1.61 bits per heavy atom. The van der Waals surface area contributed by atoms with Gasteiger partial charge in [-0.2, -0.15) is 0 Å². The van der Waals surface area contributed by atoms with Gasteiger partial charge in [-0.1, -0.05) is 30.3 Å². The first-order valence-corrected chi connectivity index (χ1v) is 7.61. The van der Waals surface area contributed by atoms with E-state index < -0.39 is 0 Å². The Labute approximate surface area is 144 Å². The number of benzene rings is 2. The average Bonchev–Trinajstić information content (AvgIpc) is 2.53. The van der Waals surface area contributed by atoms with Crippen LogP contribution in [-0.4, -0.2) is 19.8 Å². The van der Waals surface area contributed by atoms with Crippen LogP contribution in [0, 0.1) is 0 Å². The molecule has 1 atom stereocenters. The van der Waals surface area contributed by atoms with Crippen LogP contribution in [0.4, 0.5) is 0 Å². The molecule has 1 aliphatic heterocycles. The lowest BCUT2D eigenvalue weighted by Crippen LogP contribution is -3.00. The second-order valence-corrected chi connectivity index (χ2v) is 6.45. The van der Waals surface area contributed by atoms with Gasteiger partial charge in [-0.3, -0.25) is 0 Å². The van der Waals surface area contributed by atoms with Crippen molar-refractivity contribution in [3.63, 3.8) is 0 Å². The number of nitrogens with one attached hydrogen (secondary N) is 1. The third-order valence-electron chi connectivity index (χ3n) is 4.26. The molecule has 1 heterocycles. The zero-order valence-corrected chi connectivity index (χ0v) is 14.8. The first-order valence-electron chi connectivity index (χ1n) is 7.61. The van der Waals surface area contributed by atoms with Gasteiger partial charge in [0.05, 0.1) is 20.3 Å². The van der Waals surface area contributed by atoms with Gasteiger partial charge in [0.15, 0.2) is 11.5 Å². The van der Waals surface area contributed by atoms with Crippen LogP contribution in [0.15, 0.2) is 42.5 Å². The number of ether oxygens (including phenoxy) is 2. The molecule has 0 fully saturated rings. The summed E-state index contributed by atoms with van der Waals surface area (Å²) in [6.45, 7) is 4.48. The standard InChI is InChI=1S/C19H23NO2.ClH/c1-19(2)12-14-10-16(21-3)17(22-4)11-15(14)18(20-19)13-8-6-5-7-9-13;/h5-11,18,20H,12H2,1-4H3;1H/p-1. The van der Waals surface area contributed by atoms with E-state index in [1.807, 2.05) is 6.07 Å². The summed E-state index contributed by atoms with van der Waals surface area (Å²) in [5.41, 5.74) is 3.88. The van der Waals surface area contributed by atoms with Gasteiger partial charge in [0.1, 0.15) is 0 Å². The van der Waals surface area contributed by atoms with Gasteiger partial charge in [0.2, 0.25) is 0 Å². The van der Waals surface area contributed by atoms with Crippen LogP contribution >= 0.6 is 0 Å². The van der Waals surface area contributed by atoms with E-state index in [2.05, 4.69) is 55.6 Å². The summed E-state index contributed by atoms with van der Waals surface area (Å²) in [6, 6.07) is 14.9. The summed E-state index contributed by atoms with van der Waals surface area (Å²) < 4.78 is 11.0. The van der Waals surface area contributed by atoms with Crippen molar-refractivity contribution in [1.82, 2.24) is 5.32 Å². The van der Waals surface area contributed by atoms with Crippen molar-refractivity contribution in [1.29, 1.82) is 0 Å². The first-order chi connectivity index (χ1) is 10.5. The summed E-state index contributed by atoms with van der Waals surface area (Å²) in [5.74, 6) is 1.58. The quantitative estimate of drug-likeness (QED) is 0.898. The number of fused-ring (bicyclic) bond motifs is 1. The summed E-state index contributed by atoms with van der Waals surface area (Å²) in [6.07, 6.45) is 0.964. The average molecular weight is 333 g/mol. The lowest BCUT2D eigenvalue weighted by Gasteiger charge is -2.39. The predicted molar refractivity (Wildman–Crippen MR) is 88.7 cm³/mol. The van der Waals surface area contributed by atoms with Crippen LogP contribution < -0.4 is 27.2 Å². The molecule has 0 spiro atoms. The van der Waals surface area contributed by atoms with Gasteiger partial charge in [0, 0.05) is 5.54 Å². The molecule has 3 rings (SSSR count). The molecule has 1 aliphatic rings. The van der Waals surface area contributed by atoms with Gasteiger partial charge in [-0.15, -0.1) is 0 Å². The lowest BCUT2D eigenvalue weighted by molar-refractivity contribution is -0.00000575. The van der Waals surface area contributed by atoms with E-state index in [1.165, 1.54) is 16.7 Å². The summed E-state index contributed by atoms with van der Waals surface area (Å²) >= 11 is 0. The summed E-state index contributed by atoms with van der Waals surface area (Å²) in [7, 11) is 3.37. The molecule has 3 nitrogen and oxygen atoms in total. The predicted octanol–water partition coefficient (Wildman–Crippen LogP) is 0.721. The molecule has 124 valence electrons. The van der Waals surface area contributed by atoms with Gasteiger partial charge >= 0.3 is 0 Å². The van der Waals surface area contributed by atoms with Crippen molar-refractivity contribution in [2.75, 3.05) is 14.2 Å². The highest BCUT2D eigenvalue weighted by atomic mass is 35.5. The topological polar surface area (TPSA) is 30.5 Å². The maximum Gasteiger partial charge on any atom is 0.161 e. The second-order valence-electron chi connectivity index (χ2n) is 6.45. The van der Waals surface area contributed by atoms with Crippen molar-refractivity contribution in [3.05, 3.63) is 59.2 Å². The monoisotopic (exact) mass is 332 g/mol. The van der Waals surface area contributed by atoms with E-state index in [9.17, 15) is 0 Å². The van der Waals surface area contributed by atoms with Gasteiger partial charge < -0.3 is 27.2 Å². The second kappa shape index (κ2) is 6.81. The fourth-order valence-electron chi connectivity index (χ4n) is 3.26. The highest BCUT2D eigenvalue weighted by molar-refractivity contribution is 5.52. The molecule has 0 amide bonds. The molecular weight excluding hydrogens is 310 g/mol. The third-order valence-corrected chi connectivity index (χ3v) is 4.26. The highest BCUT2D eigenvalue weighted by Crippen LogP contribution is 2.40. The maximum atomic E-state index is 5.49. The SMILES string of the molecule is COc1cc2c(cc1OC)C(c1ccccc1)NC(C)(C)C2.[Cl-]. The first kappa shape index (κ1) is 17.6. The van der Waals surface area contributed by atoms with Crippen LogP contribution in [0.25, 0.3) is 0 Å². The molecule has 2 aromatic rings. The van der Waals surface area contributed by atoms with Crippen molar-refractivity contribution >= 4 is 0 Å². The van der Waals surface area contributed by atoms with E-state index >= 15 is 0 Å². The van der Waals surface area contributed by atoms with Crippen LogP contribution in [0.3, 0.4) is 0 Å². The molecule has 2 aromatic carbocycles. The minimum atomic E-state index is 0. The van der Waals surface area contributed by atoms with E-state index in [4.69, 9.17) is 9.47 Å². The Hall–Kier alpha value is -1.71. The van der Waals surface area contributed by atoms with E-state index in [1.54, 1.807) is 14.2 Å². The van der Waals surface area contributed by atoms with Crippen molar-refractivity contribution < 1.29 is 21.9 Å². The normalized spacial score (nSPS) is 18.5. The molecule has 1 N–H and O–H groups in total. The fourth-order valence-corrected chi connectivity index (χ4v) is 3.26. The Morgan fingerprint density at radius 3 is 2.22 bits per heavy atom. The molecule has 0 saturated carbocycles. The van der Waals surface area contributed by atoms with Gasteiger partial charge in [-0.25, -0.2) is 0 Å². The zero-order valence-electron chi connectivity index (χ0n) is 14.0. The Morgan fingerprint density at radius 1 is 1.00 bits per heavy atom. The Balaban J connectivity index is 0.00000192. The molecule has 4 heteroatoms. The molecular formula is C19H23ClNO2-. The Bertz CT molecular complexity index is 671. The van der Waals surface area contributed by atoms with Crippen molar-refractivity contribution in [2.45, 2.75) is 31.8 Å². The van der Waals surface area contributed by atoms with Crippen LogP contribution in [0.2, 0.25) is 0 Å². The minimum Gasteiger partial charge on any atom is -1.00 e. The number of halogens is 1. The zero-order chi connectivity index (χ0) is 15.7. The number of hydrogen-bond donors (Lipinski definition) is 1. The highest BCUT2D eigenvalue weighted by Gasteiger charge is 2.33. The fraction of sp³-hybridized carbons (Fsp3) is 0.368. The minimum absolute atomic E-state index is 0.